The van der Waals surface area contributed by atoms with E-state index in [0.29, 0.717) is 17.5 Å². The van der Waals surface area contributed by atoms with Crippen molar-refractivity contribution in [2.24, 2.45) is 0 Å². The molecule has 0 spiro atoms. The molecule has 1 aromatic carbocycles. The van der Waals surface area contributed by atoms with Gasteiger partial charge in [-0.2, -0.15) is 0 Å². The van der Waals surface area contributed by atoms with Crippen LogP contribution in [0.15, 0.2) is 18.2 Å². The van der Waals surface area contributed by atoms with Gasteiger partial charge < -0.3 is 5.32 Å². The smallest absolute Gasteiger partial charge is 0.150 e. The van der Waals surface area contributed by atoms with E-state index >= 15 is 0 Å². The standard InChI is InChI=1S/C13H18ClNO2S/c1-10-8-12(14)3-2-11(10)9-15-13-4-6-18(16,17)7-5-13/h2-3,8,13,15H,4-7,9H2,1H3. The lowest BCUT2D eigenvalue weighted by atomic mass is 10.1. The zero-order valence-corrected chi connectivity index (χ0v) is 12.0. The van der Waals surface area contributed by atoms with E-state index in [4.69, 9.17) is 11.6 Å². The number of aryl methyl sites for hydroxylation is 1. The summed E-state index contributed by atoms with van der Waals surface area (Å²) in [6.45, 7) is 2.81. The SMILES string of the molecule is Cc1cc(Cl)ccc1CNC1CCS(=O)(=O)CC1. The van der Waals surface area contributed by atoms with Crippen molar-refractivity contribution in [3.05, 3.63) is 34.3 Å². The Labute approximate surface area is 113 Å². The van der Waals surface area contributed by atoms with Crippen LogP contribution in [0.25, 0.3) is 0 Å². The van der Waals surface area contributed by atoms with Crippen molar-refractivity contribution >= 4 is 21.4 Å². The van der Waals surface area contributed by atoms with Crippen molar-refractivity contribution in [1.82, 2.24) is 5.32 Å². The van der Waals surface area contributed by atoms with Crippen LogP contribution in [0.2, 0.25) is 5.02 Å². The number of nitrogens with one attached hydrogen (secondary N) is 1. The van der Waals surface area contributed by atoms with Crippen LogP contribution in [0.1, 0.15) is 24.0 Å². The molecule has 0 radical (unpaired) electrons. The lowest BCUT2D eigenvalue weighted by Crippen LogP contribution is -2.37. The summed E-state index contributed by atoms with van der Waals surface area (Å²) in [6.07, 6.45) is 1.43. The fourth-order valence-corrected chi connectivity index (χ4v) is 3.92. The molecule has 100 valence electrons. The highest BCUT2D eigenvalue weighted by Gasteiger charge is 2.22. The van der Waals surface area contributed by atoms with Crippen LogP contribution in [0, 0.1) is 6.92 Å². The van der Waals surface area contributed by atoms with E-state index in [1.807, 2.05) is 25.1 Å². The van der Waals surface area contributed by atoms with Gasteiger partial charge in [0, 0.05) is 17.6 Å². The molecule has 1 N–H and O–H groups in total. The minimum absolute atomic E-state index is 0.309. The summed E-state index contributed by atoms with van der Waals surface area (Å²) < 4.78 is 22.6. The van der Waals surface area contributed by atoms with E-state index in [-0.39, 0.29) is 0 Å². The second-order valence-electron chi connectivity index (χ2n) is 4.88. The van der Waals surface area contributed by atoms with E-state index in [0.717, 1.165) is 24.4 Å². The highest BCUT2D eigenvalue weighted by molar-refractivity contribution is 7.91. The first kappa shape index (κ1) is 13.8. The van der Waals surface area contributed by atoms with E-state index < -0.39 is 9.84 Å². The Morgan fingerprint density at radius 2 is 2.00 bits per heavy atom. The summed E-state index contributed by atoms with van der Waals surface area (Å²) in [5.41, 5.74) is 2.38. The predicted octanol–water partition coefficient (Wildman–Crippen LogP) is 2.32. The van der Waals surface area contributed by atoms with Gasteiger partial charge in [0.2, 0.25) is 0 Å². The van der Waals surface area contributed by atoms with Crippen LogP contribution in [0.3, 0.4) is 0 Å². The van der Waals surface area contributed by atoms with Crippen molar-refractivity contribution in [2.45, 2.75) is 32.4 Å². The average molecular weight is 288 g/mol. The van der Waals surface area contributed by atoms with Gasteiger partial charge in [0.25, 0.3) is 0 Å². The first-order valence-electron chi connectivity index (χ1n) is 6.15. The monoisotopic (exact) mass is 287 g/mol. The lowest BCUT2D eigenvalue weighted by molar-refractivity contribution is 0.462. The molecule has 0 unspecified atom stereocenters. The molecule has 1 aliphatic rings. The summed E-state index contributed by atoms with van der Waals surface area (Å²) in [7, 11) is -2.77. The first-order chi connectivity index (χ1) is 8.46. The topological polar surface area (TPSA) is 46.2 Å². The highest BCUT2D eigenvalue weighted by Crippen LogP contribution is 2.17. The quantitative estimate of drug-likeness (QED) is 0.928. The fourth-order valence-electron chi connectivity index (χ4n) is 2.21. The van der Waals surface area contributed by atoms with E-state index in [1.165, 1.54) is 11.1 Å². The molecule has 1 aromatic rings. The third-order valence-corrected chi connectivity index (χ3v) is 5.39. The summed E-state index contributed by atoms with van der Waals surface area (Å²) >= 11 is 5.91. The maximum Gasteiger partial charge on any atom is 0.150 e. The van der Waals surface area contributed by atoms with Gasteiger partial charge in [-0.15, -0.1) is 0 Å². The molecule has 0 aromatic heterocycles. The Hall–Kier alpha value is -0.580. The Bertz CT molecular complexity index is 514. The third kappa shape index (κ3) is 3.70. The molecule has 2 rings (SSSR count). The van der Waals surface area contributed by atoms with Crippen LogP contribution in [0.4, 0.5) is 0 Å². The highest BCUT2D eigenvalue weighted by atomic mass is 35.5. The second-order valence-corrected chi connectivity index (χ2v) is 7.62. The Kier molecular flexibility index (Phi) is 4.30. The number of sulfone groups is 1. The van der Waals surface area contributed by atoms with Crippen LogP contribution >= 0.6 is 11.6 Å². The molecule has 0 saturated carbocycles. The minimum Gasteiger partial charge on any atom is -0.310 e. The molecular weight excluding hydrogens is 270 g/mol. The summed E-state index contributed by atoms with van der Waals surface area (Å²) in [6, 6.07) is 6.16. The molecular formula is C13H18ClNO2S. The molecule has 18 heavy (non-hydrogen) atoms. The fraction of sp³-hybridized carbons (Fsp3) is 0.538. The van der Waals surface area contributed by atoms with Gasteiger partial charge in [-0.1, -0.05) is 17.7 Å². The van der Waals surface area contributed by atoms with Crippen molar-refractivity contribution < 1.29 is 8.42 Å². The largest absolute Gasteiger partial charge is 0.310 e. The molecule has 0 aliphatic carbocycles. The van der Waals surface area contributed by atoms with Gasteiger partial charge in [0.15, 0.2) is 0 Å². The lowest BCUT2D eigenvalue weighted by Gasteiger charge is -2.23. The third-order valence-electron chi connectivity index (χ3n) is 3.44. The molecule has 1 aliphatic heterocycles. The summed E-state index contributed by atoms with van der Waals surface area (Å²) in [4.78, 5) is 0. The maximum atomic E-state index is 11.3. The van der Waals surface area contributed by atoms with Gasteiger partial charge in [-0.3, -0.25) is 0 Å². The van der Waals surface area contributed by atoms with Crippen molar-refractivity contribution in [1.29, 1.82) is 0 Å². The number of halogens is 1. The van der Waals surface area contributed by atoms with Gasteiger partial charge in [-0.05, 0) is 43.0 Å². The Morgan fingerprint density at radius 1 is 1.33 bits per heavy atom. The molecule has 0 amide bonds. The number of hydrogen-bond donors (Lipinski definition) is 1. The van der Waals surface area contributed by atoms with E-state index in [9.17, 15) is 8.42 Å². The average Bonchev–Trinajstić information content (AvgIpc) is 2.29. The molecule has 1 fully saturated rings. The van der Waals surface area contributed by atoms with Crippen molar-refractivity contribution in [3.63, 3.8) is 0 Å². The molecule has 1 saturated heterocycles. The molecule has 0 bridgehead atoms. The number of hydrogen-bond acceptors (Lipinski definition) is 3. The van der Waals surface area contributed by atoms with Gasteiger partial charge in [-0.25, -0.2) is 8.42 Å². The van der Waals surface area contributed by atoms with E-state index in [2.05, 4.69) is 5.32 Å². The van der Waals surface area contributed by atoms with Crippen molar-refractivity contribution in [3.8, 4) is 0 Å². The second kappa shape index (κ2) is 5.59. The maximum absolute atomic E-state index is 11.3. The van der Waals surface area contributed by atoms with Crippen LogP contribution in [-0.4, -0.2) is 26.0 Å². The molecule has 3 nitrogen and oxygen atoms in total. The minimum atomic E-state index is -2.77. The summed E-state index contributed by atoms with van der Waals surface area (Å²) in [5, 5.41) is 4.18. The zero-order valence-electron chi connectivity index (χ0n) is 10.4. The normalized spacial score (nSPS) is 19.9. The summed E-state index contributed by atoms with van der Waals surface area (Å²) in [5.74, 6) is 0.620. The van der Waals surface area contributed by atoms with Crippen LogP contribution < -0.4 is 5.32 Å². The van der Waals surface area contributed by atoms with Gasteiger partial charge in [0.05, 0.1) is 11.5 Å². The first-order valence-corrected chi connectivity index (χ1v) is 8.35. The predicted molar refractivity (Wildman–Crippen MR) is 74.7 cm³/mol. The molecule has 5 heteroatoms. The van der Waals surface area contributed by atoms with E-state index in [1.54, 1.807) is 0 Å². The van der Waals surface area contributed by atoms with Crippen LogP contribution in [0.5, 0.6) is 0 Å². The molecule has 1 heterocycles. The number of benzene rings is 1. The van der Waals surface area contributed by atoms with Crippen LogP contribution in [-0.2, 0) is 16.4 Å². The van der Waals surface area contributed by atoms with Gasteiger partial charge in [0.1, 0.15) is 9.84 Å². The van der Waals surface area contributed by atoms with Gasteiger partial charge >= 0.3 is 0 Å². The zero-order chi connectivity index (χ0) is 13.2. The Balaban J connectivity index is 1.89. The van der Waals surface area contributed by atoms with Crippen molar-refractivity contribution in [2.75, 3.05) is 11.5 Å². The number of rotatable bonds is 3. The Morgan fingerprint density at radius 3 is 2.61 bits per heavy atom. The molecule has 0 atom stereocenters.